The average molecular weight is 178 g/mol. The lowest BCUT2D eigenvalue weighted by Crippen LogP contribution is -2.29. The van der Waals surface area contributed by atoms with Gasteiger partial charge in [0.15, 0.2) is 0 Å². The van der Waals surface area contributed by atoms with Crippen LogP contribution in [0.1, 0.15) is 6.42 Å². The van der Waals surface area contributed by atoms with Crippen molar-refractivity contribution in [2.45, 2.75) is 18.1 Å². The summed E-state index contributed by atoms with van der Waals surface area (Å²) in [5, 5.41) is 18.9. The van der Waals surface area contributed by atoms with Crippen molar-refractivity contribution >= 4 is 18.4 Å². The SMILES string of the molecule is Cl.O=C(O)[C@@H]1CC2(CN1)N=N2. The molecule has 2 rings (SSSR count). The molecule has 0 aliphatic carbocycles. The normalized spacial score (nSPS) is 30.0. The highest BCUT2D eigenvalue weighted by Crippen LogP contribution is 2.36. The van der Waals surface area contributed by atoms with Gasteiger partial charge >= 0.3 is 5.97 Å². The number of nitrogens with one attached hydrogen (secondary N) is 1. The average Bonchev–Trinajstić information content (AvgIpc) is 2.41. The zero-order valence-corrected chi connectivity index (χ0v) is 6.47. The van der Waals surface area contributed by atoms with Gasteiger partial charge in [-0.2, -0.15) is 10.2 Å². The van der Waals surface area contributed by atoms with Gasteiger partial charge in [0.2, 0.25) is 5.66 Å². The number of carboxylic acid groups (broad SMARTS) is 1. The van der Waals surface area contributed by atoms with E-state index >= 15 is 0 Å². The van der Waals surface area contributed by atoms with Crippen molar-refractivity contribution in [3.8, 4) is 0 Å². The molecule has 1 saturated heterocycles. The molecule has 0 aromatic carbocycles. The smallest absolute Gasteiger partial charge is 0.320 e. The third-order valence-corrected chi connectivity index (χ3v) is 1.84. The molecule has 2 aliphatic rings. The van der Waals surface area contributed by atoms with E-state index in [0.717, 1.165) is 0 Å². The highest BCUT2D eigenvalue weighted by Gasteiger charge is 2.49. The first kappa shape index (κ1) is 8.42. The molecule has 6 heteroatoms. The number of rotatable bonds is 1. The van der Waals surface area contributed by atoms with Crippen molar-refractivity contribution in [3.05, 3.63) is 0 Å². The van der Waals surface area contributed by atoms with Gasteiger partial charge in [-0.25, -0.2) is 0 Å². The fraction of sp³-hybridized carbons (Fsp3) is 0.800. The molecule has 1 fully saturated rings. The molecule has 1 atom stereocenters. The van der Waals surface area contributed by atoms with Crippen molar-refractivity contribution in [2.24, 2.45) is 10.2 Å². The van der Waals surface area contributed by atoms with Crippen LogP contribution in [0.5, 0.6) is 0 Å². The van der Waals surface area contributed by atoms with Gasteiger partial charge in [0, 0.05) is 13.0 Å². The zero-order valence-electron chi connectivity index (χ0n) is 5.65. The van der Waals surface area contributed by atoms with Crippen molar-refractivity contribution in [2.75, 3.05) is 6.54 Å². The summed E-state index contributed by atoms with van der Waals surface area (Å²) in [5.74, 6) is -0.811. The van der Waals surface area contributed by atoms with E-state index in [0.29, 0.717) is 13.0 Å². The predicted molar refractivity (Wildman–Crippen MR) is 38.9 cm³/mol. The molecular formula is C5H8ClN3O2. The summed E-state index contributed by atoms with van der Waals surface area (Å²) in [5.41, 5.74) is -0.344. The summed E-state index contributed by atoms with van der Waals surface area (Å²) >= 11 is 0. The molecule has 5 nitrogen and oxygen atoms in total. The molecule has 0 radical (unpaired) electrons. The molecule has 0 bridgehead atoms. The Balaban J connectivity index is 0.000000605. The molecule has 1 spiro atoms. The second kappa shape index (κ2) is 2.42. The molecule has 11 heavy (non-hydrogen) atoms. The zero-order chi connectivity index (χ0) is 7.19. The van der Waals surface area contributed by atoms with E-state index in [1.165, 1.54) is 0 Å². The lowest BCUT2D eigenvalue weighted by molar-refractivity contribution is -0.139. The molecule has 0 aromatic heterocycles. The lowest BCUT2D eigenvalue weighted by atomic mass is 10.1. The number of aliphatic carboxylic acids is 1. The maximum Gasteiger partial charge on any atom is 0.320 e. The predicted octanol–water partition coefficient (Wildman–Crippen LogP) is 0.0168. The van der Waals surface area contributed by atoms with E-state index in [1.54, 1.807) is 0 Å². The second-order valence-corrected chi connectivity index (χ2v) is 2.66. The Morgan fingerprint density at radius 3 is 2.55 bits per heavy atom. The standard InChI is InChI=1S/C5H7N3O2.ClH/c9-4(10)3-1-5(2-6-3)7-8-5;/h3,6H,1-2H2,(H,9,10);1H/t3-;/m0./s1. The third kappa shape index (κ3) is 1.34. The third-order valence-electron chi connectivity index (χ3n) is 1.84. The van der Waals surface area contributed by atoms with Crippen LogP contribution in [0.4, 0.5) is 0 Å². The second-order valence-electron chi connectivity index (χ2n) is 2.66. The first-order valence-electron chi connectivity index (χ1n) is 3.12. The molecule has 2 heterocycles. The molecule has 0 saturated carbocycles. The van der Waals surface area contributed by atoms with Crippen LogP contribution in [0, 0.1) is 0 Å². The van der Waals surface area contributed by atoms with Gasteiger partial charge < -0.3 is 5.11 Å². The summed E-state index contributed by atoms with van der Waals surface area (Å²) in [6.07, 6.45) is 0.516. The van der Waals surface area contributed by atoms with E-state index in [-0.39, 0.29) is 18.1 Å². The van der Waals surface area contributed by atoms with E-state index in [9.17, 15) is 4.79 Å². The Bertz CT molecular complexity index is 212. The Labute approximate surface area is 69.3 Å². The summed E-state index contributed by atoms with van der Waals surface area (Å²) in [7, 11) is 0. The highest BCUT2D eigenvalue weighted by atomic mass is 35.5. The van der Waals surface area contributed by atoms with Gasteiger partial charge in [-0.05, 0) is 0 Å². The van der Waals surface area contributed by atoms with Crippen LogP contribution in [-0.4, -0.2) is 29.3 Å². The number of hydrogen-bond acceptors (Lipinski definition) is 4. The van der Waals surface area contributed by atoms with Crippen molar-refractivity contribution in [3.63, 3.8) is 0 Å². The summed E-state index contributed by atoms with van der Waals surface area (Å²) < 4.78 is 0. The maximum absolute atomic E-state index is 10.4. The fourth-order valence-corrected chi connectivity index (χ4v) is 1.16. The van der Waals surface area contributed by atoms with Gasteiger partial charge in [-0.1, -0.05) is 0 Å². The topological polar surface area (TPSA) is 74.0 Å². The minimum absolute atomic E-state index is 0. The monoisotopic (exact) mass is 177 g/mol. The van der Waals surface area contributed by atoms with Crippen LogP contribution in [0.25, 0.3) is 0 Å². The molecule has 0 aromatic rings. The van der Waals surface area contributed by atoms with Crippen molar-refractivity contribution in [1.29, 1.82) is 0 Å². The summed E-state index contributed by atoms with van der Waals surface area (Å²) in [4.78, 5) is 10.4. The van der Waals surface area contributed by atoms with E-state index < -0.39 is 12.0 Å². The van der Waals surface area contributed by atoms with Crippen molar-refractivity contribution < 1.29 is 9.90 Å². The highest BCUT2D eigenvalue weighted by molar-refractivity contribution is 5.85. The largest absolute Gasteiger partial charge is 0.480 e. The molecule has 0 unspecified atom stereocenters. The first-order chi connectivity index (χ1) is 4.72. The number of nitrogens with zero attached hydrogens (tertiary/aromatic N) is 2. The van der Waals surface area contributed by atoms with Crippen LogP contribution in [0.15, 0.2) is 10.2 Å². The molecule has 2 N–H and O–H groups in total. The van der Waals surface area contributed by atoms with Crippen LogP contribution >= 0.6 is 12.4 Å². The fourth-order valence-electron chi connectivity index (χ4n) is 1.16. The van der Waals surface area contributed by atoms with Gasteiger partial charge in [0.05, 0.1) is 0 Å². The quantitative estimate of drug-likeness (QED) is 0.593. The molecule has 62 valence electrons. The Hall–Kier alpha value is -0.680. The molecule has 0 amide bonds. The molecule has 2 aliphatic heterocycles. The van der Waals surface area contributed by atoms with Crippen LogP contribution < -0.4 is 5.32 Å². The van der Waals surface area contributed by atoms with E-state index in [2.05, 4.69) is 15.5 Å². The van der Waals surface area contributed by atoms with Crippen LogP contribution in [0.2, 0.25) is 0 Å². The van der Waals surface area contributed by atoms with E-state index in [1.807, 2.05) is 0 Å². The van der Waals surface area contributed by atoms with Crippen molar-refractivity contribution in [1.82, 2.24) is 5.32 Å². The maximum atomic E-state index is 10.4. The van der Waals surface area contributed by atoms with Gasteiger partial charge in [-0.3, -0.25) is 10.1 Å². The first-order valence-corrected chi connectivity index (χ1v) is 3.12. The summed E-state index contributed by atoms with van der Waals surface area (Å²) in [6, 6.07) is -0.449. The minimum atomic E-state index is -0.811. The summed E-state index contributed by atoms with van der Waals surface area (Å²) in [6.45, 7) is 0.587. The number of hydrogen-bond donors (Lipinski definition) is 2. The van der Waals surface area contributed by atoms with E-state index in [4.69, 9.17) is 5.11 Å². The minimum Gasteiger partial charge on any atom is -0.480 e. The number of carbonyl (C=O) groups is 1. The van der Waals surface area contributed by atoms with Crippen LogP contribution in [0.3, 0.4) is 0 Å². The Morgan fingerprint density at radius 2 is 2.27 bits per heavy atom. The van der Waals surface area contributed by atoms with Gasteiger partial charge in [0.25, 0.3) is 0 Å². The van der Waals surface area contributed by atoms with Gasteiger partial charge in [0.1, 0.15) is 6.04 Å². The number of carboxylic acids is 1. The Morgan fingerprint density at radius 1 is 1.64 bits per heavy atom. The van der Waals surface area contributed by atoms with Crippen LogP contribution in [-0.2, 0) is 4.79 Å². The van der Waals surface area contributed by atoms with Gasteiger partial charge in [-0.15, -0.1) is 12.4 Å². The molecular weight excluding hydrogens is 170 g/mol. The number of halogens is 1. The Kier molecular flexibility index (Phi) is 1.85. The lowest BCUT2D eigenvalue weighted by Gasteiger charge is -1.99.